The lowest BCUT2D eigenvalue weighted by molar-refractivity contribution is 1.14. The molecule has 0 aliphatic heterocycles. The Kier molecular flexibility index (Phi) is 2.55. The van der Waals surface area contributed by atoms with E-state index in [0.717, 1.165) is 22.9 Å². The second-order valence-corrected chi connectivity index (χ2v) is 3.52. The molecule has 1 heterocycles. The summed E-state index contributed by atoms with van der Waals surface area (Å²) in [4.78, 5) is 14.1. The van der Waals surface area contributed by atoms with Gasteiger partial charge >= 0.3 is 0 Å². The fraction of sp³-hybridized carbons (Fsp3) is 0.182. The first-order valence-corrected chi connectivity index (χ1v) is 5.01. The fourth-order valence-corrected chi connectivity index (χ4v) is 1.79. The molecule has 2 aromatic rings. The smallest absolute Gasteiger partial charge is 0.248 e. The predicted octanol–water partition coefficient (Wildman–Crippen LogP) is 2.31. The quantitative estimate of drug-likeness (QED) is 0.754. The molecule has 0 radical (unpaired) electrons. The number of rotatable bonds is 2. The Morgan fingerprint density at radius 1 is 1.29 bits per heavy atom. The SMILES string of the molecule is O=c1cc(CCCl)c2ccccc2[nH]1. The number of alkyl halides is 1. The molecular weight excluding hydrogens is 198 g/mol. The third-order valence-electron chi connectivity index (χ3n) is 2.20. The monoisotopic (exact) mass is 207 g/mol. The Morgan fingerprint density at radius 3 is 2.86 bits per heavy atom. The molecule has 0 amide bonds. The molecule has 1 N–H and O–H groups in total. The molecule has 0 saturated heterocycles. The lowest BCUT2D eigenvalue weighted by Crippen LogP contribution is -2.06. The largest absolute Gasteiger partial charge is 0.322 e. The zero-order valence-electron chi connectivity index (χ0n) is 7.59. The van der Waals surface area contributed by atoms with Crippen molar-refractivity contribution in [2.24, 2.45) is 0 Å². The molecule has 0 atom stereocenters. The van der Waals surface area contributed by atoms with Crippen molar-refractivity contribution < 1.29 is 0 Å². The van der Waals surface area contributed by atoms with E-state index in [0.29, 0.717) is 5.88 Å². The van der Waals surface area contributed by atoms with Crippen LogP contribution < -0.4 is 5.56 Å². The van der Waals surface area contributed by atoms with Gasteiger partial charge in [0.15, 0.2) is 0 Å². The first kappa shape index (κ1) is 9.28. The Labute approximate surface area is 86.5 Å². The van der Waals surface area contributed by atoms with Gasteiger partial charge in [0.25, 0.3) is 0 Å². The number of pyridine rings is 1. The first-order chi connectivity index (χ1) is 6.81. The summed E-state index contributed by atoms with van der Waals surface area (Å²) in [5.74, 6) is 0.535. The Balaban J connectivity index is 2.73. The second kappa shape index (κ2) is 3.84. The van der Waals surface area contributed by atoms with Gasteiger partial charge in [0.1, 0.15) is 0 Å². The highest BCUT2D eigenvalue weighted by atomic mass is 35.5. The topological polar surface area (TPSA) is 32.9 Å². The maximum Gasteiger partial charge on any atom is 0.248 e. The minimum atomic E-state index is -0.0659. The van der Waals surface area contributed by atoms with Gasteiger partial charge in [0, 0.05) is 22.8 Å². The first-order valence-electron chi connectivity index (χ1n) is 4.48. The van der Waals surface area contributed by atoms with Crippen molar-refractivity contribution in [2.45, 2.75) is 6.42 Å². The van der Waals surface area contributed by atoms with Crippen molar-refractivity contribution in [3.63, 3.8) is 0 Å². The molecular formula is C11H10ClNO. The van der Waals surface area contributed by atoms with Gasteiger partial charge in [-0.1, -0.05) is 18.2 Å². The molecule has 0 spiro atoms. The molecule has 14 heavy (non-hydrogen) atoms. The van der Waals surface area contributed by atoms with Crippen LogP contribution in [0.2, 0.25) is 0 Å². The van der Waals surface area contributed by atoms with E-state index in [9.17, 15) is 4.79 Å². The van der Waals surface area contributed by atoms with Crippen LogP contribution in [0.15, 0.2) is 35.1 Å². The molecule has 0 aliphatic carbocycles. The third-order valence-corrected chi connectivity index (χ3v) is 2.39. The summed E-state index contributed by atoms with van der Waals surface area (Å²) >= 11 is 5.68. The summed E-state index contributed by atoms with van der Waals surface area (Å²) in [6.07, 6.45) is 0.728. The summed E-state index contributed by atoms with van der Waals surface area (Å²) in [6, 6.07) is 9.37. The Morgan fingerprint density at radius 2 is 2.07 bits per heavy atom. The maximum atomic E-state index is 11.3. The zero-order chi connectivity index (χ0) is 9.97. The summed E-state index contributed by atoms with van der Waals surface area (Å²) in [6.45, 7) is 0. The van der Waals surface area contributed by atoms with Crippen LogP contribution in [0.4, 0.5) is 0 Å². The van der Waals surface area contributed by atoms with Crippen molar-refractivity contribution in [3.05, 3.63) is 46.2 Å². The highest BCUT2D eigenvalue weighted by Crippen LogP contribution is 2.14. The van der Waals surface area contributed by atoms with Crippen LogP contribution in [0.3, 0.4) is 0 Å². The minimum absolute atomic E-state index is 0.0659. The summed E-state index contributed by atoms with van der Waals surface area (Å²) in [5, 5.41) is 1.08. The van der Waals surface area contributed by atoms with Crippen LogP contribution in [-0.4, -0.2) is 10.9 Å². The molecule has 3 heteroatoms. The molecule has 0 aliphatic rings. The van der Waals surface area contributed by atoms with E-state index in [1.54, 1.807) is 6.07 Å². The van der Waals surface area contributed by atoms with E-state index < -0.39 is 0 Å². The summed E-state index contributed by atoms with van der Waals surface area (Å²) in [7, 11) is 0. The standard InChI is InChI=1S/C11H10ClNO/c12-6-5-8-7-11(14)13-10-4-2-1-3-9(8)10/h1-4,7H,5-6H2,(H,13,14). The number of hydrogen-bond acceptors (Lipinski definition) is 1. The average Bonchev–Trinajstić information content (AvgIpc) is 2.18. The lowest BCUT2D eigenvalue weighted by Gasteiger charge is -2.03. The normalized spacial score (nSPS) is 10.6. The van der Waals surface area contributed by atoms with Gasteiger partial charge in [0.2, 0.25) is 5.56 Å². The van der Waals surface area contributed by atoms with Crippen molar-refractivity contribution in [2.75, 3.05) is 5.88 Å². The number of para-hydroxylation sites is 1. The number of aromatic nitrogens is 1. The number of hydrogen-bond donors (Lipinski definition) is 1. The van der Waals surface area contributed by atoms with Gasteiger partial charge in [-0.05, 0) is 18.1 Å². The van der Waals surface area contributed by atoms with Crippen molar-refractivity contribution >= 4 is 22.5 Å². The molecule has 0 bridgehead atoms. The third kappa shape index (κ3) is 1.66. The molecule has 2 rings (SSSR count). The van der Waals surface area contributed by atoms with Crippen LogP contribution in [0.25, 0.3) is 10.9 Å². The Bertz CT molecular complexity index is 504. The van der Waals surface area contributed by atoms with E-state index in [1.807, 2.05) is 24.3 Å². The zero-order valence-corrected chi connectivity index (χ0v) is 8.34. The van der Waals surface area contributed by atoms with Gasteiger partial charge in [-0.25, -0.2) is 0 Å². The summed E-state index contributed by atoms with van der Waals surface area (Å²) in [5.41, 5.74) is 1.82. The van der Waals surface area contributed by atoms with Crippen LogP contribution >= 0.6 is 11.6 Å². The number of benzene rings is 1. The highest BCUT2D eigenvalue weighted by Gasteiger charge is 2.01. The minimum Gasteiger partial charge on any atom is -0.322 e. The molecule has 2 nitrogen and oxygen atoms in total. The van der Waals surface area contributed by atoms with Gasteiger partial charge in [-0.15, -0.1) is 11.6 Å². The maximum absolute atomic E-state index is 11.3. The van der Waals surface area contributed by atoms with Gasteiger partial charge in [-0.3, -0.25) is 4.79 Å². The molecule has 1 aromatic carbocycles. The van der Waals surface area contributed by atoms with E-state index in [4.69, 9.17) is 11.6 Å². The van der Waals surface area contributed by atoms with Crippen LogP contribution in [0.1, 0.15) is 5.56 Å². The molecule has 0 saturated carbocycles. The van der Waals surface area contributed by atoms with E-state index in [2.05, 4.69) is 4.98 Å². The van der Waals surface area contributed by atoms with Crippen molar-refractivity contribution in [1.29, 1.82) is 0 Å². The van der Waals surface area contributed by atoms with Gasteiger partial charge in [0.05, 0.1) is 0 Å². The van der Waals surface area contributed by atoms with Crippen molar-refractivity contribution in [3.8, 4) is 0 Å². The predicted molar refractivity (Wildman–Crippen MR) is 59.0 cm³/mol. The summed E-state index contributed by atoms with van der Waals surface area (Å²) < 4.78 is 0. The number of aromatic amines is 1. The molecule has 0 fully saturated rings. The average molecular weight is 208 g/mol. The van der Waals surface area contributed by atoms with E-state index in [-0.39, 0.29) is 5.56 Å². The van der Waals surface area contributed by atoms with Crippen LogP contribution in [0, 0.1) is 0 Å². The van der Waals surface area contributed by atoms with Gasteiger partial charge < -0.3 is 4.98 Å². The number of H-pyrrole nitrogens is 1. The lowest BCUT2D eigenvalue weighted by atomic mass is 10.1. The van der Waals surface area contributed by atoms with Crippen LogP contribution in [-0.2, 0) is 6.42 Å². The Hall–Kier alpha value is -1.28. The number of aryl methyl sites for hydroxylation is 1. The number of halogens is 1. The highest BCUT2D eigenvalue weighted by molar-refractivity contribution is 6.18. The molecule has 1 aromatic heterocycles. The van der Waals surface area contributed by atoms with E-state index in [1.165, 1.54) is 0 Å². The molecule has 72 valence electrons. The van der Waals surface area contributed by atoms with E-state index >= 15 is 0 Å². The number of nitrogens with one attached hydrogen (secondary N) is 1. The molecule has 0 unspecified atom stereocenters. The van der Waals surface area contributed by atoms with Gasteiger partial charge in [-0.2, -0.15) is 0 Å². The van der Waals surface area contributed by atoms with Crippen LogP contribution in [0.5, 0.6) is 0 Å². The second-order valence-electron chi connectivity index (χ2n) is 3.14. The van der Waals surface area contributed by atoms with Crippen molar-refractivity contribution in [1.82, 2.24) is 4.98 Å². The fourth-order valence-electron chi connectivity index (χ4n) is 1.59. The number of fused-ring (bicyclic) bond motifs is 1.